The van der Waals surface area contributed by atoms with E-state index in [0.29, 0.717) is 28.6 Å². The van der Waals surface area contributed by atoms with Crippen LogP contribution in [0.25, 0.3) is 27.8 Å². The quantitative estimate of drug-likeness (QED) is 0.303. The highest BCUT2D eigenvalue weighted by Gasteiger charge is 2.25. The van der Waals surface area contributed by atoms with Gasteiger partial charge in [0.25, 0.3) is 5.91 Å². The summed E-state index contributed by atoms with van der Waals surface area (Å²) >= 11 is 0. The molecule has 1 fully saturated rings. The van der Waals surface area contributed by atoms with E-state index in [-0.39, 0.29) is 17.0 Å². The molecular formula is C32H34N8O2. The van der Waals surface area contributed by atoms with E-state index in [2.05, 4.69) is 38.4 Å². The van der Waals surface area contributed by atoms with Crippen LogP contribution in [0.1, 0.15) is 54.7 Å². The van der Waals surface area contributed by atoms with Crippen molar-refractivity contribution >= 4 is 22.9 Å². The van der Waals surface area contributed by atoms with E-state index in [1.54, 1.807) is 30.9 Å². The van der Waals surface area contributed by atoms with Gasteiger partial charge in [-0.2, -0.15) is 5.10 Å². The molecule has 3 N–H and O–H groups in total. The number of nitrogens with two attached hydrogens (primary N) is 1. The van der Waals surface area contributed by atoms with E-state index in [0.717, 1.165) is 48.3 Å². The van der Waals surface area contributed by atoms with Gasteiger partial charge in [-0.25, -0.2) is 9.50 Å². The van der Waals surface area contributed by atoms with Gasteiger partial charge in [0.2, 0.25) is 5.43 Å². The molecule has 1 saturated heterocycles. The summed E-state index contributed by atoms with van der Waals surface area (Å²) in [6.07, 6.45) is 10.3. The Bertz CT molecular complexity index is 1800. The molecule has 0 saturated carbocycles. The van der Waals surface area contributed by atoms with Gasteiger partial charge in [0, 0.05) is 64.8 Å². The second kappa shape index (κ2) is 11.2. The first-order valence-corrected chi connectivity index (χ1v) is 14.2. The normalized spacial score (nSPS) is 14.5. The number of amides is 1. The topological polar surface area (TPSA) is 123 Å². The van der Waals surface area contributed by atoms with Crippen molar-refractivity contribution in [2.45, 2.75) is 38.6 Å². The van der Waals surface area contributed by atoms with Crippen LogP contribution < -0.4 is 16.5 Å². The van der Waals surface area contributed by atoms with E-state index in [4.69, 9.17) is 5.73 Å². The largest absolute Gasteiger partial charge is 0.382 e. The summed E-state index contributed by atoms with van der Waals surface area (Å²) in [4.78, 5) is 37.5. The lowest BCUT2D eigenvalue weighted by Gasteiger charge is -2.28. The number of carbonyl (C=O) groups is 1. The number of nitrogen functional groups attached to an aromatic ring is 1. The number of piperidine rings is 1. The molecule has 0 bridgehead atoms. The zero-order chi connectivity index (χ0) is 29.4. The van der Waals surface area contributed by atoms with E-state index >= 15 is 0 Å². The highest BCUT2D eigenvalue weighted by Crippen LogP contribution is 2.36. The van der Waals surface area contributed by atoms with Crippen LogP contribution in [0.3, 0.4) is 0 Å². The zero-order valence-corrected chi connectivity index (χ0v) is 24.0. The van der Waals surface area contributed by atoms with Crippen molar-refractivity contribution in [3.8, 4) is 22.3 Å². The average molecular weight is 563 g/mol. The van der Waals surface area contributed by atoms with E-state index in [1.165, 1.54) is 6.33 Å². The van der Waals surface area contributed by atoms with Crippen LogP contribution in [0.15, 0.2) is 78.4 Å². The third-order valence-corrected chi connectivity index (χ3v) is 8.06. The lowest BCUT2D eigenvalue weighted by Crippen LogP contribution is -2.29. The van der Waals surface area contributed by atoms with E-state index < -0.39 is 5.91 Å². The predicted molar refractivity (Wildman–Crippen MR) is 165 cm³/mol. The molecule has 0 unspecified atom stereocenters. The molecule has 10 nitrogen and oxygen atoms in total. The summed E-state index contributed by atoms with van der Waals surface area (Å²) in [7, 11) is 2.15. The summed E-state index contributed by atoms with van der Waals surface area (Å²) in [6.45, 7) is 6.07. The van der Waals surface area contributed by atoms with Crippen LogP contribution in [0.4, 0.5) is 11.5 Å². The van der Waals surface area contributed by atoms with Crippen molar-refractivity contribution in [2.75, 3.05) is 31.2 Å². The van der Waals surface area contributed by atoms with Crippen molar-refractivity contribution in [2.24, 2.45) is 0 Å². The molecule has 6 rings (SSSR count). The summed E-state index contributed by atoms with van der Waals surface area (Å²) in [6, 6.07) is 13.4. The molecule has 1 aliphatic heterocycles. The van der Waals surface area contributed by atoms with Gasteiger partial charge in [0.1, 0.15) is 17.4 Å². The second-order valence-corrected chi connectivity index (χ2v) is 11.2. The fourth-order valence-electron chi connectivity index (χ4n) is 5.62. The number of hydrogen-bond acceptors (Lipinski definition) is 7. The highest BCUT2D eigenvalue weighted by atomic mass is 16.2. The standard InChI is InChI=1S/C32H34N8O2/c1-20(2)39-17-26(23-5-4-12-34-16-23)30(41)27(18-39)32(42)37-24-8-6-21(7-9-24)25-15-28(22-10-13-38(3)14-11-22)40-29(25)31(33)35-19-36-40/h4-9,12,15-20,22H,10-11,13-14H2,1-3H3,(H,37,42)(H2,33,35,36). The summed E-state index contributed by atoms with van der Waals surface area (Å²) in [5, 5.41) is 7.45. The SMILES string of the molecule is CC(C)n1cc(C(=O)Nc2ccc(-c3cc(C4CCN(C)CC4)n4ncnc(N)c34)cc2)c(=O)c(-c2cccnc2)c1. The number of nitrogens with one attached hydrogen (secondary N) is 1. The Balaban J connectivity index is 1.30. The minimum atomic E-state index is -0.468. The Hall–Kier alpha value is -4.83. The number of carbonyl (C=O) groups excluding carboxylic acids is 1. The molecule has 42 heavy (non-hydrogen) atoms. The minimum absolute atomic E-state index is 0.0555. The number of hydrogen-bond donors (Lipinski definition) is 2. The maximum absolute atomic E-state index is 13.4. The molecule has 5 aromatic rings. The molecule has 1 aliphatic rings. The summed E-state index contributed by atoms with van der Waals surface area (Å²) in [5.41, 5.74) is 11.6. The monoisotopic (exact) mass is 562 g/mol. The Morgan fingerprint density at radius 1 is 1.05 bits per heavy atom. The first-order valence-electron chi connectivity index (χ1n) is 14.2. The number of rotatable bonds is 6. The number of pyridine rings is 2. The van der Waals surface area contributed by atoms with Crippen LogP contribution in [0, 0.1) is 0 Å². The van der Waals surface area contributed by atoms with Crippen molar-refractivity contribution in [1.29, 1.82) is 0 Å². The first kappa shape index (κ1) is 27.3. The van der Waals surface area contributed by atoms with Gasteiger partial charge in [-0.3, -0.25) is 14.6 Å². The van der Waals surface area contributed by atoms with Crippen LogP contribution in [-0.2, 0) is 0 Å². The van der Waals surface area contributed by atoms with Gasteiger partial charge in [0.05, 0.1) is 0 Å². The number of fused-ring (bicyclic) bond motifs is 1. The van der Waals surface area contributed by atoms with Gasteiger partial charge in [0.15, 0.2) is 5.82 Å². The third kappa shape index (κ3) is 5.16. The third-order valence-electron chi connectivity index (χ3n) is 8.06. The Morgan fingerprint density at radius 3 is 2.50 bits per heavy atom. The molecule has 0 spiro atoms. The Labute approximate surface area is 243 Å². The van der Waals surface area contributed by atoms with Crippen LogP contribution in [-0.4, -0.2) is 55.1 Å². The van der Waals surface area contributed by atoms with Gasteiger partial charge in [-0.15, -0.1) is 0 Å². The molecule has 0 radical (unpaired) electrons. The van der Waals surface area contributed by atoms with Crippen LogP contribution >= 0.6 is 0 Å². The van der Waals surface area contributed by atoms with Crippen molar-refractivity contribution in [1.82, 2.24) is 29.0 Å². The second-order valence-electron chi connectivity index (χ2n) is 11.2. The minimum Gasteiger partial charge on any atom is -0.382 e. The van der Waals surface area contributed by atoms with Crippen molar-refractivity contribution in [3.63, 3.8) is 0 Å². The highest BCUT2D eigenvalue weighted by molar-refractivity contribution is 6.04. The Kier molecular flexibility index (Phi) is 7.30. The smallest absolute Gasteiger partial charge is 0.261 e. The maximum atomic E-state index is 13.4. The van der Waals surface area contributed by atoms with E-state index in [1.807, 2.05) is 53.3 Å². The number of aromatic nitrogens is 5. The average Bonchev–Trinajstić information content (AvgIpc) is 3.39. The zero-order valence-electron chi connectivity index (χ0n) is 24.0. The fraction of sp³-hybridized carbons (Fsp3) is 0.281. The van der Waals surface area contributed by atoms with Crippen molar-refractivity contribution < 1.29 is 4.79 Å². The first-order chi connectivity index (χ1) is 20.3. The van der Waals surface area contributed by atoms with Gasteiger partial charge in [-0.1, -0.05) is 18.2 Å². The Morgan fingerprint density at radius 2 is 1.81 bits per heavy atom. The van der Waals surface area contributed by atoms with Crippen LogP contribution in [0.2, 0.25) is 0 Å². The number of likely N-dealkylation sites (tertiary alicyclic amines) is 1. The number of nitrogens with zero attached hydrogens (tertiary/aromatic N) is 6. The summed E-state index contributed by atoms with van der Waals surface area (Å²) < 4.78 is 3.80. The summed E-state index contributed by atoms with van der Waals surface area (Å²) in [5.74, 6) is 0.337. The van der Waals surface area contributed by atoms with E-state index in [9.17, 15) is 9.59 Å². The maximum Gasteiger partial charge on any atom is 0.261 e. The molecule has 10 heteroatoms. The molecule has 5 heterocycles. The van der Waals surface area contributed by atoms with Gasteiger partial charge >= 0.3 is 0 Å². The number of benzene rings is 1. The molecule has 1 amide bonds. The lowest BCUT2D eigenvalue weighted by molar-refractivity contribution is 0.102. The molecule has 0 aliphatic carbocycles. The van der Waals surface area contributed by atoms with Gasteiger partial charge < -0.3 is 20.5 Å². The van der Waals surface area contributed by atoms with Gasteiger partial charge in [-0.05, 0) is 76.7 Å². The number of anilines is 2. The predicted octanol–water partition coefficient (Wildman–Crippen LogP) is 4.84. The molecule has 0 atom stereocenters. The van der Waals surface area contributed by atoms with Crippen LogP contribution in [0.5, 0.6) is 0 Å². The van der Waals surface area contributed by atoms with Crippen molar-refractivity contribution in [3.05, 3.63) is 95.1 Å². The molecule has 4 aromatic heterocycles. The molecule has 1 aromatic carbocycles. The molecular weight excluding hydrogens is 528 g/mol. The molecule has 214 valence electrons. The lowest BCUT2D eigenvalue weighted by atomic mass is 9.93. The fourth-order valence-corrected chi connectivity index (χ4v) is 5.62.